The minimum atomic E-state index is -0.0890. The van der Waals surface area contributed by atoms with Crippen molar-refractivity contribution in [2.24, 2.45) is 10.9 Å². The first-order valence-electron chi connectivity index (χ1n) is 4.42. The van der Waals surface area contributed by atoms with Crippen molar-refractivity contribution in [2.45, 2.75) is 19.8 Å². The molecule has 1 aliphatic heterocycles. The highest BCUT2D eigenvalue weighted by Crippen LogP contribution is 2.13. The van der Waals surface area contributed by atoms with E-state index in [1.165, 1.54) is 6.92 Å². The van der Waals surface area contributed by atoms with Gasteiger partial charge in [0.1, 0.15) is 0 Å². The van der Waals surface area contributed by atoms with Crippen LogP contribution >= 0.6 is 0 Å². The quantitative estimate of drug-likeness (QED) is 0.546. The first-order valence-corrected chi connectivity index (χ1v) is 4.42. The highest BCUT2D eigenvalue weighted by molar-refractivity contribution is 5.83. The van der Waals surface area contributed by atoms with Gasteiger partial charge in [0, 0.05) is 13.1 Å². The average Bonchev–Trinajstić information content (AvgIpc) is 2.03. The van der Waals surface area contributed by atoms with E-state index in [9.17, 15) is 4.79 Å². The fourth-order valence-corrected chi connectivity index (χ4v) is 1.39. The molecule has 1 heterocycles. The number of amides is 1. The zero-order valence-electron chi connectivity index (χ0n) is 7.79. The summed E-state index contributed by atoms with van der Waals surface area (Å²) in [5.41, 5.74) is 0. The number of carbonyl (C=O) groups is 1. The molecule has 0 saturated carbocycles. The molecule has 0 N–H and O–H groups in total. The van der Waals surface area contributed by atoms with Gasteiger partial charge in [-0.05, 0) is 38.9 Å². The number of nitrogens with zero attached hydrogens (tertiary/aromatic N) is 2. The molecule has 12 heavy (non-hydrogen) atoms. The van der Waals surface area contributed by atoms with Gasteiger partial charge in [0.2, 0.25) is 5.91 Å². The molecule has 1 saturated heterocycles. The summed E-state index contributed by atoms with van der Waals surface area (Å²) in [5.74, 6) is 0.430. The summed E-state index contributed by atoms with van der Waals surface area (Å²) >= 11 is 0. The van der Waals surface area contributed by atoms with Crippen LogP contribution in [0.1, 0.15) is 19.8 Å². The summed E-state index contributed by atoms with van der Waals surface area (Å²) in [5, 5.41) is 0. The molecule has 0 bridgehead atoms. The second-order valence-electron chi connectivity index (χ2n) is 3.44. The monoisotopic (exact) mass is 168 g/mol. The van der Waals surface area contributed by atoms with E-state index in [2.05, 4.69) is 16.9 Å². The van der Waals surface area contributed by atoms with Crippen molar-refractivity contribution in [1.82, 2.24) is 4.90 Å². The lowest BCUT2D eigenvalue weighted by atomic mass is 9.99. The number of rotatable bonds is 1. The molecule has 0 aliphatic carbocycles. The second-order valence-corrected chi connectivity index (χ2v) is 3.44. The smallest absolute Gasteiger partial charge is 0.242 e. The minimum Gasteiger partial charge on any atom is -0.306 e. The molecule has 0 unspecified atom stereocenters. The Balaban J connectivity index is 2.30. The zero-order valence-corrected chi connectivity index (χ0v) is 7.79. The van der Waals surface area contributed by atoms with Gasteiger partial charge in [-0.1, -0.05) is 0 Å². The molecule has 68 valence electrons. The fraction of sp³-hybridized carbons (Fsp3) is 0.778. The van der Waals surface area contributed by atoms with E-state index >= 15 is 0 Å². The van der Waals surface area contributed by atoms with Crippen LogP contribution in [0.2, 0.25) is 0 Å². The zero-order chi connectivity index (χ0) is 8.97. The molecular weight excluding hydrogens is 152 g/mol. The van der Waals surface area contributed by atoms with Crippen molar-refractivity contribution in [1.29, 1.82) is 0 Å². The maximum atomic E-state index is 10.5. The van der Waals surface area contributed by atoms with Crippen LogP contribution in [-0.4, -0.2) is 37.2 Å². The SMILES string of the molecule is CC(=O)N=CC1CCN(C)CC1. The van der Waals surface area contributed by atoms with Gasteiger partial charge in [-0.15, -0.1) is 0 Å². The first-order chi connectivity index (χ1) is 5.68. The van der Waals surface area contributed by atoms with Crippen LogP contribution in [-0.2, 0) is 4.79 Å². The Bertz CT molecular complexity index is 181. The number of likely N-dealkylation sites (tertiary alicyclic amines) is 1. The number of piperidine rings is 1. The molecule has 0 aromatic rings. The summed E-state index contributed by atoms with van der Waals surface area (Å²) in [6.07, 6.45) is 4.08. The lowest BCUT2D eigenvalue weighted by molar-refractivity contribution is -0.115. The van der Waals surface area contributed by atoms with E-state index in [0.717, 1.165) is 25.9 Å². The second kappa shape index (κ2) is 4.36. The van der Waals surface area contributed by atoms with Crippen molar-refractivity contribution in [3.63, 3.8) is 0 Å². The lowest BCUT2D eigenvalue weighted by Crippen LogP contribution is -2.30. The molecule has 0 atom stereocenters. The molecule has 0 spiro atoms. The summed E-state index contributed by atoms with van der Waals surface area (Å²) in [4.78, 5) is 16.6. The molecule has 3 nitrogen and oxygen atoms in total. The van der Waals surface area contributed by atoms with Gasteiger partial charge in [-0.2, -0.15) is 0 Å². The highest BCUT2D eigenvalue weighted by atomic mass is 16.1. The van der Waals surface area contributed by atoms with E-state index < -0.39 is 0 Å². The molecule has 1 rings (SSSR count). The van der Waals surface area contributed by atoms with Crippen LogP contribution in [0.5, 0.6) is 0 Å². The van der Waals surface area contributed by atoms with Crippen molar-refractivity contribution in [3.8, 4) is 0 Å². The summed E-state index contributed by atoms with van der Waals surface area (Å²) in [6, 6.07) is 0. The predicted molar refractivity (Wildman–Crippen MR) is 49.4 cm³/mol. The molecule has 0 aromatic heterocycles. The van der Waals surface area contributed by atoms with E-state index in [1.807, 2.05) is 6.21 Å². The van der Waals surface area contributed by atoms with E-state index in [1.54, 1.807) is 0 Å². The molecular formula is C9H16N2O. The Morgan fingerprint density at radius 3 is 2.58 bits per heavy atom. The topological polar surface area (TPSA) is 32.7 Å². The van der Waals surface area contributed by atoms with Crippen LogP contribution in [0, 0.1) is 5.92 Å². The van der Waals surface area contributed by atoms with Crippen LogP contribution < -0.4 is 0 Å². The van der Waals surface area contributed by atoms with Gasteiger partial charge >= 0.3 is 0 Å². The summed E-state index contributed by atoms with van der Waals surface area (Å²) in [7, 11) is 2.12. The normalized spacial score (nSPS) is 21.8. The van der Waals surface area contributed by atoms with Gasteiger partial charge in [0.25, 0.3) is 0 Å². The van der Waals surface area contributed by atoms with Crippen molar-refractivity contribution in [2.75, 3.05) is 20.1 Å². The van der Waals surface area contributed by atoms with Crippen LogP contribution in [0.25, 0.3) is 0 Å². The molecule has 1 fully saturated rings. The average molecular weight is 168 g/mol. The van der Waals surface area contributed by atoms with Crippen molar-refractivity contribution < 1.29 is 4.79 Å². The van der Waals surface area contributed by atoms with Gasteiger partial charge in [-0.25, -0.2) is 4.99 Å². The molecule has 1 amide bonds. The highest BCUT2D eigenvalue weighted by Gasteiger charge is 2.14. The van der Waals surface area contributed by atoms with E-state index in [0.29, 0.717) is 5.92 Å². The van der Waals surface area contributed by atoms with Crippen molar-refractivity contribution >= 4 is 12.1 Å². The fourth-order valence-electron chi connectivity index (χ4n) is 1.39. The lowest BCUT2D eigenvalue weighted by Gasteiger charge is -2.26. The standard InChI is InChI=1S/C9H16N2O/c1-8(12)10-7-9-3-5-11(2)6-4-9/h7,9H,3-6H2,1-2H3. The number of carbonyl (C=O) groups excluding carboxylic acids is 1. The minimum absolute atomic E-state index is 0.0890. The summed E-state index contributed by atoms with van der Waals surface area (Å²) < 4.78 is 0. The molecule has 0 radical (unpaired) electrons. The number of aliphatic imine (C=N–C) groups is 1. The third-order valence-corrected chi connectivity index (χ3v) is 2.23. The maximum absolute atomic E-state index is 10.5. The van der Waals surface area contributed by atoms with Crippen molar-refractivity contribution in [3.05, 3.63) is 0 Å². The molecule has 3 heteroatoms. The number of hydrogen-bond donors (Lipinski definition) is 0. The molecule has 0 aromatic carbocycles. The largest absolute Gasteiger partial charge is 0.306 e. The van der Waals surface area contributed by atoms with Gasteiger partial charge in [-0.3, -0.25) is 4.79 Å². The number of hydrogen-bond acceptors (Lipinski definition) is 2. The van der Waals surface area contributed by atoms with E-state index in [4.69, 9.17) is 0 Å². The summed E-state index contributed by atoms with van der Waals surface area (Å²) in [6.45, 7) is 3.73. The van der Waals surface area contributed by atoms with Gasteiger partial charge in [0.05, 0.1) is 0 Å². The Hall–Kier alpha value is -0.700. The van der Waals surface area contributed by atoms with E-state index in [-0.39, 0.29) is 5.91 Å². The third kappa shape index (κ3) is 3.13. The Labute approximate surface area is 73.5 Å². The Morgan fingerprint density at radius 2 is 2.08 bits per heavy atom. The van der Waals surface area contributed by atoms with Gasteiger partial charge < -0.3 is 4.90 Å². The van der Waals surface area contributed by atoms with Crippen LogP contribution in [0.4, 0.5) is 0 Å². The maximum Gasteiger partial charge on any atom is 0.242 e. The first kappa shape index (κ1) is 9.39. The van der Waals surface area contributed by atoms with Gasteiger partial charge in [0.15, 0.2) is 0 Å². The Kier molecular flexibility index (Phi) is 3.41. The predicted octanol–water partition coefficient (Wildman–Crippen LogP) is 0.946. The Morgan fingerprint density at radius 1 is 1.50 bits per heavy atom. The van der Waals surface area contributed by atoms with Crippen LogP contribution in [0.3, 0.4) is 0 Å². The third-order valence-electron chi connectivity index (χ3n) is 2.23. The molecule has 1 aliphatic rings. The van der Waals surface area contributed by atoms with Crippen LogP contribution in [0.15, 0.2) is 4.99 Å².